The number of piperidine rings is 1. The van der Waals surface area contributed by atoms with E-state index in [0.717, 1.165) is 24.1 Å². The fourth-order valence-electron chi connectivity index (χ4n) is 3.17. The van der Waals surface area contributed by atoms with Gasteiger partial charge in [0, 0.05) is 37.6 Å². The second-order valence-electron chi connectivity index (χ2n) is 6.80. The van der Waals surface area contributed by atoms with E-state index in [1.165, 1.54) is 12.1 Å². The van der Waals surface area contributed by atoms with Crippen LogP contribution in [0.2, 0.25) is 0 Å². The van der Waals surface area contributed by atoms with Gasteiger partial charge >= 0.3 is 0 Å². The standard InChI is InChI=1S/C20H20FN5O2/c1-13-2-7-19(25-22-13)28-16-8-10-26(11-9-16)20(27)18-12-17(23-24-18)14-3-5-15(21)6-4-14/h2-7,12,16H,8-11H2,1H3,(H,23,24). The minimum Gasteiger partial charge on any atom is -0.473 e. The number of carbonyl (C=O) groups excluding carboxylic acids is 1. The van der Waals surface area contributed by atoms with Crippen LogP contribution in [0.3, 0.4) is 0 Å². The van der Waals surface area contributed by atoms with Crippen LogP contribution in [-0.2, 0) is 0 Å². The van der Waals surface area contributed by atoms with E-state index < -0.39 is 0 Å². The molecule has 1 N–H and O–H groups in total. The first-order valence-corrected chi connectivity index (χ1v) is 9.16. The van der Waals surface area contributed by atoms with Crippen molar-refractivity contribution >= 4 is 5.91 Å². The molecule has 0 saturated carbocycles. The highest BCUT2D eigenvalue weighted by Gasteiger charge is 2.26. The third-order valence-electron chi connectivity index (χ3n) is 4.74. The van der Waals surface area contributed by atoms with Crippen LogP contribution >= 0.6 is 0 Å². The van der Waals surface area contributed by atoms with Gasteiger partial charge in [0.2, 0.25) is 5.88 Å². The van der Waals surface area contributed by atoms with Crippen molar-refractivity contribution in [1.82, 2.24) is 25.3 Å². The Bertz CT molecular complexity index is 947. The predicted molar refractivity (Wildman–Crippen MR) is 100 cm³/mol. The van der Waals surface area contributed by atoms with E-state index in [1.54, 1.807) is 29.2 Å². The number of aryl methyl sites for hydroxylation is 1. The van der Waals surface area contributed by atoms with Crippen molar-refractivity contribution in [3.63, 3.8) is 0 Å². The Morgan fingerprint density at radius 2 is 1.89 bits per heavy atom. The Kier molecular flexibility index (Phi) is 5.01. The number of aromatic nitrogens is 4. The molecule has 3 aromatic rings. The van der Waals surface area contributed by atoms with Gasteiger partial charge in [0.1, 0.15) is 17.6 Å². The SMILES string of the molecule is Cc1ccc(OC2CCN(C(=O)c3cc(-c4ccc(F)cc4)n[nH]3)CC2)nn1. The van der Waals surface area contributed by atoms with Crippen LogP contribution in [0, 0.1) is 12.7 Å². The van der Waals surface area contributed by atoms with Gasteiger partial charge < -0.3 is 9.64 Å². The number of hydrogen-bond donors (Lipinski definition) is 1. The maximum atomic E-state index is 13.1. The van der Waals surface area contributed by atoms with Gasteiger partial charge in [-0.3, -0.25) is 9.89 Å². The van der Waals surface area contributed by atoms with Gasteiger partial charge in [0.15, 0.2) is 0 Å². The Hall–Kier alpha value is -3.29. The molecule has 1 aliphatic heterocycles. The summed E-state index contributed by atoms with van der Waals surface area (Å²) >= 11 is 0. The number of benzene rings is 1. The molecule has 0 aliphatic carbocycles. The molecule has 0 radical (unpaired) electrons. The number of ether oxygens (including phenoxy) is 1. The number of nitrogens with one attached hydrogen (secondary N) is 1. The molecule has 1 aliphatic rings. The summed E-state index contributed by atoms with van der Waals surface area (Å²) in [5, 5.41) is 15.0. The first kappa shape index (κ1) is 18.1. The minimum atomic E-state index is -0.308. The fraction of sp³-hybridized carbons (Fsp3) is 0.300. The van der Waals surface area contributed by atoms with Crippen LogP contribution in [0.15, 0.2) is 42.5 Å². The van der Waals surface area contributed by atoms with Crippen molar-refractivity contribution in [3.05, 3.63) is 59.7 Å². The summed E-state index contributed by atoms with van der Waals surface area (Å²) in [6.45, 7) is 3.05. The number of aromatic amines is 1. The summed E-state index contributed by atoms with van der Waals surface area (Å²) in [5.74, 6) is 0.0969. The largest absolute Gasteiger partial charge is 0.473 e. The molecule has 28 heavy (non-hydrogen) atoms. The quantitative estimate of drug-likeness (QED) is 0.751. The number of halogens is 1. The fourth-order valence-corrected chi connectivity index (χ4v) is 3.17. The van der Waals surface area contributed by atoms with Crippen molar-refractivity contribution in [2.45, 2.75) is 25.9 Å². The van der Waals surface area contributed by atoms with Gasteiger partial charge in [-0.05, 0) is 43.3 Å². The van der Waals surface area contributed by atoms with Gasteiger partial charge in [0.05, 0.1) is 11.4 Å². The van der Waals surface area contributed by atoms with E-state index in [4.69, 9.17) is 4.74 Å². The number of H-pyrrole nitrogens is 1. The Labute approximate surface area is 161 Å². The Balaban J connectivity index is 1.35. The molecule has 3 heterocycles. The molecule has 4 rings (SSSR count). The summed E-state index contributed by atoms with van der Waals surface area (Å²) in [6.07, 6.45) is 1.46. The third kappa shape index (κ3) is 4.00. The highest BCUT2D eigenvalue weighted by Crippen LogP contribution is 2.21. The number of rotatable bonds is 4. The molecular formula is C20H20FN5O2. The normalized spacial score (nSPS) is 14.9. The van der Waals surface area contributed by atoms with E-state index in [1.807, 2.05) is 13.0 Å². The van der Waals surface area contributed by atoms with Crippen LogP contribution < -0.4 is 4.74 Å². The summed E-state index contributed by atoms with van der Waals surface area (Å²) in [7, 11) is 0. The van der Waals surface area contributed by atoms with Gasteiger partial charge in [0.25, 0.3) is 5.91 Å². The molecule has 8 heteroatoms. The molecule has 2 aromatic heterocycles. The van der Waals surface area contributed by atoms with Crippen LogP contribution in [0.4, 0.5) is 4.39 Å². The molecule has 0 bridgehead atoms. The van der Waals surface area contributed by atoms with E-state index in [-0.39, 0.29) is 17.8 Å². The van der Waals surface area contributed by atoms with Crippen LogP contribution in [0.1, 0.15) is 29.0 Å². The molecule has 144 valence electrons. The van der Waals surface area contributed by atoms with Crippen molar-refractivity contribution in [3.8, 4) is 17.1 Å². The molecule has 0 atom stereocenters. The van der Waals surface area contributed by atoms with Gasteiger partial charge in [-0.1, -0.05) is 0 Å². The molecule has 1 fully saturated rings. The summed E-state index contributed by atoms with van der Waals surface area (Å²) in [5.41, 5.74) is 2.62. The lowest BCUT2D eigenvalue weighted by atomic mass is 10.1. The monoisotopic (exact) mass is 381 g/mol. The highest BCUT2D eigenvalue weighted by molar-refractivity contribution is 5.93. The maximum Gasteiger partial charge on any atom is 0.271 e. The number of likely N-dealkylation sites (tertiary alicyclic amines) is 1. The van der Waals surface area contributed by atoms with Gasteiger partial charge in [-0.25, -0.2) is 4.39 Å². The predicted octanol–water partition coefficient (Wildman–Crippen LogP) is 3.00. The number of hydrogen-bond acceptors (Lipinski definition) is 5. The molecule has 0 spiro atoms. The molecule has 0 unspecified atom stereocenters. The van der Waals surface area contributed by atoms with E-state index in [0.29, 0.717) is 30.4 Å². The third-order valence-corrected chi connectivity index (χ3v) is 4.74. The Morgan fingerprint density at radius 1 is 1.14 bits per heavy atom. The number of nitrogens with zero attached hydrogens (tertiary/aromatic N) is 4. The zero-order chi connectivity index (χ0) is 19.5. The van der Waals surface area contributed by atoms with E-state index >= 15 is 0 Å². The maximum absolute atomic E-state index is 13.1. The molecule has 7 nitrogen and oxygen atoms in total. The molecule has 1 amide bonds. The van der Waals surface area contributed by atoms with E-state index in [9.17, 15) is 9.18 Å². The zero-order valence-corrected chi connectivity index (χ0v) is 15.4. The summed E-state index contributed by atoms with van der Waals surface area (Å²) < 4.78 is 18.9. The van der Waals surface area contributed by atoms with Crippen LogP contribution in [0.25, 0.3) is 11.3 Å². The van der Waals surface area contributed by atoms with Crippen molar-refractivity contribution in [2.24, 2.45) is 0 Å². The molecule has 1 saturated heterocycles. The van der Waals surface area contributed by atoms with Crippen molar-refractivity contribution in [1.29, 1.82) is 0 Å². The van der Waals surface area contributed by atoms with Crippen molar-refractivity contribution < 1.29 is 13.9 Å². The minimum absolute atomic E-state index is 0.0117. The number of amides is 1. The lowest BCUT2D eigenvalue weighted by Crippen LogP contribution is -2.42. The number of carbonyl (C=O) groups is 1. The molecular weight excluding hydrogens is 361 g/mol. The highest BCUT2D eigenvalue weighted by atomic mass is 19.1. The van der Waals surface area contributed by atoms with Gasteiger partial charge in [-0.2, -0.15) is 10.2 Å². The van der Waals surface area contributed by atoms with Gasteiger partial charge in [-0.15, -0.1) is 5.10 Å². The topological polar surface area (TPSA) is 84.0 Å². The lowest BCUT2D eigenvalue weighted by Gasteiger charge is -2.31. The summed E-state index contributed by atoms with van der Waals surface area (Å²) in [6, 6.07) is 11.4. The lowest BCUT2D eigenvalue weighted by molar-refractivity contribution is 0.0580. The van der Waals surface area contributed by atoms with Crippen molar-refractivity contribution in [2.75, 3.05) is 13.1 Å². The smallest absolute Gasteiger partial charge is 0.271 e. The second-order valence-corrected chi connectivity index (χ2v) is 6.80. The average molecular weight is 381 g/mol. The Morgan fingerprint density at radius 3 is 2.57 bits per heavy atom. The average Bonchev–Trinajstić information content (AvgIpc) is 3.20. The first-order valence-electron chi connectivity index (χ1n) is 9.16. The van der Waals surface area contributed by atoms with Crippen LogP contribution in [0.5, 0.6) is 5.88 Å². The van der Waals surface area contributed by atoms with E-state index in [2.05, 4.69) is 20.4 Å². The second kappa shape index (κ2) is 7.75. The van der Waals surface area contributed by atoms with Crippen LogP contribution in [-0.4, -0.2) is 50.4 Å². The zero-order valence-electron chi connectivity index (χ0n) is 15.4. The molecule has 1 aromatic carbocycles. The summed E-state index contributed by atoms with van der Waals surface area (Å²) in [4.78, 5) is 14.5. The first-order chi connectivity index (χ1) is 13.6.